The molecular formula is C17H32IN5O2S. The summed E-state index contributed by atoms with van der Waals surface area (Å²) in [5.74, 6) is 3.08. The summed E-state index contributed by atoms with van der Waals surface area (Å²) in [6, 6.07) is 0.472. The highest BCUT2D eigenvalue weighted by atomic mass is 127. The summed E-state index contributed by atoms with van der Waals surface area (Å²) in [6.45, 7) is 7.17. The monoisotopic (exact) mass is 497 g/mol. The van der Waals surface area contributed by atoms with Crippen LogP contribution >= 0.6 is 35.7 Å². The Morgan fingerprint density at radius 1 is 1.42 bits per heavy atom. The minimum atomic E-state index is -0.157. The molecule has 0 amide bonds. The number of thioether (sulfide) groups is 1. The highest BCUT2D eigenvalue weighted by Crippen LogP contribution is 2.28. The normalized spacial score (nSPS) is 21.8. The number of hydrogen-bond donors (Lipinski definition) is 2. The third kappa shape index (κ3) is 7.59. The first-order valence-electron chi connectivity index (χ1n) is 9.19. The van der Waals surface area contributed by atoms with Gasteiger partial charge in [-0.15, -0.1) is 24.0 Å². The molecule has 26 heavy (non-hydrogen) atoms. The molecule has 3 atom stereocenters. The van der Waals surface area contributed by atoms with Crippen molar-refractivity contribution in [1.82, 2.24) is 20.8 Å². The molecule has 2 rings (SSSR count). The number of aliphatic imine (C=N–C) groups is 1. The van der Waals surface area contributed by atoms with E-state index in [0.29, 0.717) is 30.9 Å². The number of aromatic nitrogens is 2. The smallest absolute Gasteiger partial charge is 0.246 e. The fraction of sp³-hybridized carbons (Fsp3) is 0.824. The summed E-state index contributed by atoms with van der Waals surface area (Å²) >= 11 is 2.06. The van der Waals surface area contributed by atoms with Crippen LogP contribution in [0.1, 0.15) is 64.3 Å². The summed E-state index contributed by atoms with van der Waals surface area (Å²) in [5.41, 5.74) is 0. The van der Waals surface area contributed by atoms with Gasteiger partial charge in [0.15, 0.2) is 11.8 Å². The number of nitrogens with one attached hydrogen (secondary N) is 2. The fourth-order valence-electron chi connectivity index (χ4n) is 3.04. The summed E-state index contributed by atoms with van der Waals surface area (Å²) in [7, 11) is 1.78. The first-order chi connectivity index (χ1) is 12.2. The van der Waals surface area contributed by atoms with E-state index in [0.717, 1.165) is 11.2 Å². The lowest BCUT2D eigenvalue weighted by Crippen LogP contribution is -2.45. The third-order valence-electron chi connectivity index (χ3n) is 4.26. The minimum Gasteiger partial charge on any atom is -0.371 e. The highest BCUT2D eigenvalue weighted by Gasteiger charge is 2.22. The molecule has 9 heteroatoms. The van der Waals surface area contributed by atoms with E-state index in [1.807, 2.05) is 13.8 Å². The number of hydrogen-bond acceptors (Lipinski definition) is 6. The van der Waals surface area contributed by atoms with Gasteiger partial charge < -0.3 is 19.9 Å². The summed E-state index contributed by atoms with van der Waals surface area (Å²) in [5, 5.41) is 11.5. The van der Waals surface area contributed by atoms with Gasteiger partial charge in [0.05, 0.1) is 6.54 Å². The average Bonchev–Trinajstić information content (AvgIpc) is 3.08. The number of halogens is 1. The van der Waals surface area contributed by atoms with Gasteiger partial charge in [0.1, 0.15) is 6.10 Å². The van der Waals surface area contributed by atoms with Gasteiger partial charge in [0.25, 0.3) is 0 Å². The van der Waals surface area contributed by atoms with Gasteiger partial charge in [-0.1, -0.05) is 18.5 Å². The van der Waals surface area contributed by atoms with Crippen molar-refractivity contribution in [3.63, 3.8) is 0 Å². The molecule has 0 bridgehead atoms. The zero-order valence-electron chi connectivity index (χ0n) is 16.2. The van der Waals surface area contributed by atoms with E-state index in [9.17, 15) is 0 Å². The molecule has 0 radical (unpaired) electrons. The van der Waals surface area contributed by atoms with Crippen molar-refractivity contribution in [1.29, 1.82) is 0 Å². The van der Waals surface area contributed by atoms with Crippen molar-refractivity contribution in [2.24, 2.45) is 4.99 Å². The van der Waals surface area contributed by atoms with Crippen LogP contribution in [0.4, 0.5) is 0 Å². The van der Waals surface area contributed by atoms with E-state index in [2.05, 4.69) is 44.5 Å². The second-order valence-corrected chi connectivity index (χ2v) is 7.73. The number of ether oxygens (including phenoxy) is 1. The van der Waals surface area contributed by atoms with Crippen LogP contribution in [0.5, 0.6) is 0 Å². The number of rotatable bonds is 8. The van der Waals surface area contributed by atoms with Crippen molar-refractivity contribution in [2.75, 3.05) is 19.4 Å². The predicted octanol–water partition coefficient (Wildman–Crippen LogP) is 3.51. The lowest BCUT2D eigenvalue weighted by Gasteiger charge is -2.30. The molecule has 1 aromatic heterocycles. The van der Waals surface area contributed by atoms with Crippen molar-refractivity contribution in [3.8, 4) is 0 Å². The molecule has 150 valence electrons. The molecule has 1 aromatic rings. The molecule has 3 unspecified atom stereocenters. The van der Waals surface area contributed by atoms with E-state index in [4.69, 9.17) is 9.26 Å². The molecule has 0 saturated heterocycles. The van der Waals surface area contributed by atoms with Crippen LogP contribution in [0.3, 0.4) is 0 Å². The molecule has 1 aliphatic carbocycles. The van der Waals surface area contributed by atoms with Gasteiger partial charge in [0, 0.05) is 24.9 Å². The van der Waals surface area contributed by atoms with E-state index >= 15 is 0 Å². The third-order valence-corrected chi connectivity index (χ3v) is 5.50. The van der Waals surface area contributed by atoms with Crippen LogP contribution in [0, 0.1) is 0 Å². The van der Waals surface area contributed by atoms with E-state index in [1.54, 1.807) is 7.05 Å². The second-order valence-electron chi connectivity index (χ2n) is 6.15. The Balaban J connectivity index is 0.00000338. The van der Waals surface area contributed by atoms with E-state index in [-0.39, 0.29) is 30.1 Å². The lowest BCUT2D eigenvalue weighted by molar-refractivity contribution is 0.0683. The quantitative estimate of drug-likeness (QED) is 0.323. The van der Waals surface area contributed by atoms with Crippen LogP contribution < -0.4 is 10.6 Å². The average molecular weight is 497 g/mol. The Morgan fingerprint density at radius 3 is 2.92 bits per heavy atom. The summed E-state index contributed by atoms with van der Waals surface area (Å²) in [4.78, 5) is 8.68. The van der Waals surface area contributed by atoms with Crippen LogP contribution in [0.15, 0.2) is 9.52 Å². The minimum absolute atomic E-state index is 0. The standard InChI is InChI=1S/C17H31N5O2S.HI/c1-5-23-12(3)16-21-15(24-22-16)11-19-17(18-4)20-13-8-7-9-14(10-13)25-6-2;/h12-14H,5-11H2,1-4H3,(H2,18,19,20);1H. The maximum absolute atomic E-state index is 5.47. The maximum Gasteiger partial charge on any atom is 0.246 e. The van der Waals surface area contributed by atoms with Crippen LogP contribution in [-0.2, 0) is 11.3 Å². The second kappa shape index (κ2) is 12.8. The zero-order valence-corrected chi connectivity index (χ0v) is 19.3. The first kappa shape index (κ1) is 23.5. The lowest BCUT2D eigenvalue weighted by atomic mass is 9.95. The van der Waals surface area contributed by atoms with Gasteiger partial charge in [-0.3, -0.25) is 4.99 Å². The molecule has 1 fully saturated rings. The molecule has 1 saturated carbocycles. The molecule has 2 N–H and O–H groups in total. The Labute approximate surface area is 177 Å². The molecule has 1 aliphatic rings. The Kier molecular flexibility index (Phi) is 11.5. The van der Waals surface area contributed by atoms with Gasteiger partial charge in [0.2, 0.25) is 5.89 Å². The molecule has 1 heterocycles. The van der Waals surface area contributed by atoms with Crippen LogP contribution in [-0.4, -0.2) is 46.8 Å². The Hall–Kier alpha value is -0.550. The SMILES string of the molecule is CCOC(C)c1noc(CNC(=NC)NC2CCCC(SCC)C2)n1.I. The molecule has 0 aromatic carbocycles. The topological polar surface area (TPSA) is 84.6 Å². The first-order valence-corrected chi connectivity index (χ1v) is 10.2. The van der Waals surface area contributed by atoms with Crippen molar-refractivity contribution < 1.29 is 9.26 Å². The van der Waals surface area contributed by atoms with Crippen molar-refractivity contribution in [3.05, 3.63) is 11.7 Å². The molecule has 0 aliphatic heterocycles. The number of guanidine groups is 1. The van der Waals surface area contributed by atoms with E-state index in [1.165, 1.54) is 31.4 Å². The van der Waals surface area contributed by atoms with Crippen LogP contribution in [0.25, 0.3) is 0 Å². The molecule has 0 spiro atoms. The largest absolute Gasteiger partial charge is 0.371 e. The van der Waals surface area contributed by atoms with Gasteiger partial charge >= 0.3 is 0 Å². The van der Waals surface area contributed by atoms with E-state index < -0.39 is 0 Å². The van der Waals surface area contributed by atoms with Gasteiger partial charge in [-0.05, 0) is 38.9 Å². The maximum atomic E-state index is 5.47. The fourth-order valence-corrected chi connectivity index (χ4v) is 4.21. The Bertz CT molecular complexity index is 541. The van der Waals surface area contributed by atoms with Gasteiger partial charge in [-0.25, -0.2) is 0 Å². The summed E-state index contributed by atoms with van der Waals surface area (Å²) in [6.07, 6.45) is 4.82. The molecule has 7 nitrogen and oxygen atoms in total. The zero-order chi connectivity index (χ0) is 18.1. The summed E-state index contributed by atoms with van der Waals surface area (Å²) < 4.78 is 10.8. The van der Waals surface area contributed by atoms with Gasteiger partial charge in [-0.2, -0.15) is 16.7 Å². The predicted molar refractivity (Wildman–Crippen MR) is 117 cm³/mol. The number of nitrogens with zero attached hydrogens (tertiary/aromatic N) is 3. The van der Waals surface area contributed by atoms with Crippen molar-refractivity contribution >= 4 is 41.7 Å². The highest BCUT2D eigenvalue weighted by molar-refractivity contribution is 14.0. The van der Waals surface area contributed by atoms with Crippen LogP contribution in [0.2, 0.25) is 0 Å². The Morgan fingerprint density at radius 2 is 2.23 bits per heavy atom. The van der Waals surface area contributed by atoms with Crippen molar-refractivity contribution in [2.45, 2.75) is 70.4 Å². The molecular weight excluding hydrogens is 465 g/mol.